The summed E-state index contributed by atoms with van der Waals surface area (Å²) >= 11 is 0. The molecule has 0 aromatic heterocycles. The summed E-state index contributed by atoms with van der Waals surface area (Å²) in [6.07, 6.45) is 6.12. The Morgan fingerprint density at radius 2 is 0.214 bits per heavy atom. The van der Waals surface area contributed by atoms with E-state index in [1.807, 2.05) is 48.5 Å². The largest absolute Gasteiger partial charge is 0.396 e. The van der Waals surface area contributed by atoms with Crippen molar-refractivity contribution in [1.29, 1.82) is 0 Å². The highest BCUT2D eigenvalue weighted by Crippen LogP contribution is 1.63. The van der Waals surface area contributed by atoms with Gasteiger partial charge in [-0.15, -0.1) is 0 Å². The molecule has 0 spiro atoms. The van der Waals surface area contributed by atoms with Crippen LogP contribution in [-0.4, -0.2) is 82.0 Å². The normalized spacial score (nSPS) is 5.00. The van der Waals surface area contributed by atoms with Crippen molar-refractivity contribution in [3.8, 4) is 0 Å². The van der Waals surface area contributed by atoms with Gasteiger partial charge in [-0.2, -0.15) is 0 Å². The van der Waals surface area contributed by atoms with Crippen molar-refractivity contribution < 1.29 is 35.7 Å². The van der Waals surface area contributed by atoms with Crippen molar-refractivity contribution in [2.24, 2.45) is 0 Å². The van der Waals surface area contributed by atoms with Crippen molar-refractivity contribution >= 4 is 0 Å². The highest BCUT2D eigenvalue weighted by Gasteiger charge is 1.59. The molecule has 0 unspecified atom stereocenters. The highest BCUT2D eigenvalue weighted by molar-refractivity contribution is 4.12. The average Bonchev–Trinajstić information content (AvgIpc) is 2.79. The molecule has 7 nitrogen and oxygen atoms in total. The zero-order valence-corrected chi connectivity index (χ0v) is 20.0. The number of hydrogen-bond acceptors (Lipinski definition) is 7. The minimum Gasteiger partial charge on any atom is -0.396 e. The molecule has 0 atom stereocenters. The smallest absolute Gasteiger partial charge is 0.0428 e. The van der Waals surface area contributed by atoms with Crippen molar-refractivity contribution in [3.05, 3.63) is 0 Å². The number of aliphatic hydroxyl groups excluding tert-OH is 7. The quantitative estimate of drug-likeness (QED) is 0.146. The van der Waals surface area contributed by atoms with Gasteiger partial charge >= 0.3 is 0 Å². The fourth-order valence-electron chi connectivity index (χ4n) is 0. The van der Waals surface area contributed by atoms with E-state index in [4.69, 9.17) is 35.7 Å². The van der Waals surface area contributed by atoms with Gasteiger partial charge in [0.2, 0.25) is 0 Å². The summed E-state index contributed by atoms with van der Waals surface area (Å²) in [5.74, 6) is 0. The zero-order chi connectivity index (χ0) is 23.9. The van der Waals surface area contributed by atoms with Crippen molar-refractivity contribution in [2.45, 2.75) is 197 Å². The molecule has 7 N–H and O–H groups in total. The molecule has 0 amide bonds. The van der Waals surface area contributed by atoms with Gasteiger partial charge in [0.25, 0.3) is 0 Å². The van der Waals surface area contributed by atoms with Gasteiger partial charge in [0.05, 0.1) is 0 Å². The van der Waals surface area contributed by atoms with Crippen LogP contribution in [0.3, 0.4) is 0 Å². The Labute approximate surface area is 279 Å². The monoisotopic (exact) mass is 645 g/mol. The van der Waals surface area contributed by atoms with E-state index < -0.39 is 0 Å². The molecule has 0 fully saturated rings. The molecular formula is C35H112O7. The van der Waals surface area contributed by atoms with Crippen LogP contribution in [0.4, 0.5) is 0 Å². The summed E-state index contributed by atoms with van der Waals surface area (Å²) in [6, 6.07) is 0. The van der Waals surface area contributed by atoms with E-state index in [9.17, 15) is 0 Å². The molecule has 42 heavy (non-hydrogen) atoms. The van der Waals surface area contributed by atoms with Crippen LogP contribution < -0.4 is 0 Å². The van der Waals surface area contributed by atoms with Crippen LogP contribution in [0, 0.1) is 0 Å². The van der Waals surface area contributed by atoms with Crippen LogP contribution in [0.2, 0.25) is 0 Å². The summed E-state index contributed by atoms with van der Waals surface area (Å²) in [5, 5.41) is 55.1. The van der Waals surface area contributed by atoms with Crippen LogP contribution in [0.1, 0.15) is 197 Å². The molecule has 0 aliphatic heterocycles. The maximum absolute atomic E-state index is 7.88. The molecule has 0 saturated carbocycles. The lowest BCUT2D eigenvalue weighted by Gasteiger charge is -1.69. The number of hydrogen-bond donors (Lipinski definition) is 7. The minimum absolute atomic E-state index is 0. The van der Waals surface area contributed by atoms with E-state index in [0.29, 0.717) is 46.2 Å². The fraction of sp³-hybridized carbons (Fsp3) is 1.00. The van der Waals surface area contributed by atoms with E-state index in [1.54, 1.807) is 0 Å². The van der Waals surface area contributed by atoms with Gasteiger partial charge in [-0.1, -0.05) is 152 Å². The topological polar surface area (TPSA) is 142 Å². The van der Waals surface area contributed by atoms with Crippen molar-refractivity contribution in [2.75, 3.05) is 46.2 Å². The maximum Gasteiger partial charge on any atom is 0.0428 e. The first-order valence-electron chi connectivity index (χ1n) is 10.7. The van der Waals surface area contributed by atoms with Gasteiger partial charge in [-0.05, 0) is 44.9 Å². The second-order valence-corrected chi connectivity index (χ2v) is 5.07. The van der Waals surface area contributed by atoms with Crippen LogP contribution >= 0.6 is 0 Å². The van der Waals surface area contributed by atoms with E-state index in [2.05, 4.69) is 0 Å². The summed E-state index contributed by atoms with van der Waals surface area (Å²) in [6.45, 7) is 15.8. The lowest BCUT2D eigenvalue weighted by Crippen LogP contribution is -1.69. The zero-order valence-electron chi connectivity index (χ0n) is 20.0. The summed E-state index contributed by atoms with van der Waals surface area (Å²) in [7, 11) is 0. The standard InChI is InChI=1S/7C3H8O.14CH4/c7*1-2-3-4;;;;;;;;;;;;;;/h7*4H,2-3H2,1H3;14*1H4. The Hall–Kier alpha value is -0.280. The SMILES string of the molecule is C.C.C.C.C.C.C.C.C.C.C.C.C.C.CCCO.CCCO.CCCO.CCCO.CCCO.CCCO.CCCO. The predicted octanol–water partition coefficient (Wildman–Crippen LogP) is 11.6. The van der Waals surface area contributed by atoms with E-state index in [-0.39, 0.29) is 104 Å². The summed E-state index contributed by atoms with van der Waals surface area (Å²) < 4.78 is 0. The third-order valence-corrected chi connectivity index (χ3v) is 1.57. The lowest BCUT2D eigenvalue weighted by atomic mass is 10.5. The third-order valence-electron chi connectivity index (χ3n) is 1.57. The van der Waals surface area contributed by atoms with Gasteiger partial charge in [0, 0.05) is 46.2 Å². The Morgan fingerprint density at radius 1 is 0.190 bits per heavy atom. The van der Waals surface area contributed by atoms with Crippen LogP contribution in [0.25, 0.3) is 0 Å². The Bertz CT molecular complexity index is 80.6. The molecule has 0 heterocycles. The van der Waals surface area contributed by atoms with E-state index in [0.717, 1.165) is 44.9 Å². The minimum atomic E-state index is 0. The summed E-state index contributed by atoms with van der Waals surface area (Å²) in [5.41, 5.74) is 0. The Morgan fingerprint density at radius 3 is 0.214 bits per heavy atom. The molecule has 0 bridgehead atoms. The van der Waals surface area contributed by atoms with Crippen LogP contribution in [0.5, 0.6) is 0 Å². The van der Waals surface area contributed by atoms with Gasteiger partial charge in [-0.25, -0.2) is 0 Å². The van der Waals surface area contributed by atoms with Crippen molar-refractivity contribution in [3.63, 3.8) is 0 Å². The molecule has 294 valence electrons. The number of rotatable bonds is 7. The van der Waals surface area contributed by atoms with Gasteiger partial charge in [0.1, 0.15) is 0 Å². The molecule has 0 aliphatic carbocycles. The molecule has 0 aromatic rings. The molecule has 0 aliphatic rings. The molecular weight excluding hydrogens is 532 g/mol. The third kappa shape index (κ3) is 1320. The molecule has 0 rings (SSSR count). The molecule has 0 radical (unpaired) electrons. The number of aliphatic hydroxyl groups is 7. The van der Waals surface area contributed by atoms with Crippen LogP contribution in [0.15, 0.2) is 0 Å². The average molecular weight is 645 g/mol. The Balaban J connectivity index is -0.00000000611. The van der Waals surface area contributed by atoms with E-state index >= 15 is 0 Å². The Kier molecular flexibility index (Phi) is 1310. The first-order valence-corrected chi connectivity index (χ1v) is 10.7. The van der Waals surface area contributed by atoms with Gasteiger partial charge in [-0.3, -0.25) is 0 Å². The second kappa shape index (κ2) is 341. The maximum atomic E-state index is 7.88. The van der Waals surface area contributed by atoms with Gasteiger partial charge in [0.15, 0.2) is 0 Å². The molecule has 0 saturated heterocycles. The van der Waals surface area contributed by atoms with Crippen molar-refractivity contribution in [1.82, 2.24) is 0 Å². The summed E-state index contributed by atoms with van der Waals surface area (Å²) in [4.78, 5) is 0. The highest BCUT2D eigenvalue weighted by atomic mass is 16.3. The first kappa shape index (κ1) is 161. The fourth-order valence-corrected chi connectivity index (χ4v) is 0. The lowest BCUT2D eigenvalue weighted by molar-refractivity contribution is 0.294. The molecule has 7 heteroatoms. The van der Waals surface area contributed by atoms with E-state index in [1.165, 1.54) is 0 Å². The van der Waals surface area contributed by atoms with Crippen LogP contribution in [-0.2, 0) is 0 Å². The molecule has 0 aromatic carbocycles. The second-order valence-electron chi connectivity index (χ2n) is 5.07. The predicted molar refractivity (Wildman–Crippen MR) is 216 cm³/mol. The first-order chi connectivity index (χ1) is 13.4. The van der Waals surface area contributed by atoms with Gasteiger partial charge < -0.3 is 35.7 Å².